The maximum atomic E-state index is 12.9. The minimum Gasteiger partial charge on any atom is -0.454 e. The maximum absolute atomic E-state index is 12.9. The van der Waals surface area contributed by atoms with Crippen molar-refractivity contribution >= 4 is 27.2 Å². The van der Waals surface area contributed by atoms with E-state index >= 15 is 0 Å². The molecular weight excluding hydrogens is 386 g/mol. The Labute approximate surface area is 171 Å². The van der Waals surface area contributed by atoms with Crippen molar-refractivity contribution in [2.24, 2.45) is 0 Å². The van der Waals surface area contributed by atoms with Gasteiger partial charge in [0, 0.05) is 22.2 Å². The van der Waals surface area contributed by atoms with Crippen LogP contribution in [-0.2, 0) is 6.54 Å². The van der Waals surface area contributed by atoms with Gasteiger partial charge in [-0.25, -0.2) is 4.98 Å². The lowest BCUT2D eigenvalue weighted by molar-refractivity contribution is 0.174. The van der Waals surface area contributed by atoms with Gasteiger partial charge in [0.1, 0.15) is 10.7 Å². The van der Waals surface area contributed by atoms with E-state index in [1.54, 1.807) is 11.3 Å². The molecule has 0 saturated heterocycles. The lowest BCUT2D eigenvalue weighted by atomic mass is 10.0. The number of benzene rings is 2. The van der Waals surface area contributed by atoms with Crippen LogP contribution in [0.25, 0.3) is 21.3 Å². The largest absolute Gasteiger partial charge is 0.454 e. The third-order valence-electron chi connectivity index (χ3n) is 4.96. The van der Waals surface area contributed by atoms with Crippen LogP contribution in [0.1, 0.15) is 16.3 Å². The van der Waals surface area contributed by atoms with Crippen molar-refractivity contribution < 1.29 is 9.47 Å². The molecule has 0 saturated carbocycles. The molecule has 5 rings (SSSR count). The highest BCUT2D eigenvalue weighted by molar-refractivity contribution is 7.19. The summed E-state index contributed by atoms with van der Waals surface area (Å²) in [5, 5.41) is 3.93. The van der Waals surface area contributed by atoms with Crippen LogP contribution in [0.15, 0.2) is 47.3 Å². The molecule has 0 unspecified atom stereocenters. The number of rotatable bonds is 4. The molecule has 0 bridgehead atoms. The molecule has 0 fully saturated rings. The fourth-order valence-corrected chi connectivity index (χ4v) is 4.57. The highest BCUT2D eigenvalue weighted by Crippen LogP contribution is 2.36. The predicted molar refractivity (Wildman–Crippen MR) is 115 cm³/mol. The van der Waals surface area contributed by atoms with E-state index in [1.807, 2.05) is 25.1 Å². The van der Waals surface area contributed by atoms with E-state index in [0.717, 1.165) is 32.3 Å². The van der Waals surface area contributed by atoms with E-state index in [0.29, 0.717) is 23.5 Å². The molecular formula is C22H19N3O3S. The molecule has 29 heavy (non-hydrogen) atoms. The van der Waals surface area contributed by atoms with Crippen molar-refractivity contribution in [3.8, 4) is 22.6 Å². The summed E-state index contributed by atoms with van der Waals surface area (Å²) in [4.78, 5) is 22.3. The number of aryl methyl sites for hydroxylation is 2. The predicted octanol–water partition coefficient (Wildman–Crippen LogP) is 4.61. The monoisotopic (exact) mass is 405 g/mol. The minimum atomic E-state index is -0.114. The van der Waals surface area contributed by atoms with Crippen LogP contribution in [0.4, 0.5) is 5.69 Å². The average Bonchev–Trinajstić information content (AvgIpc) is 3.30. The Morgan fingerprint density at radius 2 is 1.90 bits per heavy atom. The van der Waals surface area contributed by atoms with Crippen LogP contribution in [0.2, 0.25) is 0 Å². The first-order chi connectivity index (χ1) is 14.1. The topological polar surface area (TPSA) is 76.2 Å². The average molecular weight is 405 g/mol. The number of anilines is 1. The lowest BCUT2D eigenvalue weighted by Crippen LogP contribution is -2.14. The van der Waals surface area contributed by atoms with Crippen molar-refractivity contribution in [2.75, 3.05) is 12.1 Å². The SMILES string of the molecule is Cc1ccc(-c2c(C)sc3nc(CNc4ccc5c(c4)OCO5)[nH]c(=O)c23)cc1. The smallest absolute Gasteiger partial charge is 0.260 e. The molecule has 4 aromatic rings. The first kappa shape index (κ1) is 17.8. The molecule has 1 aliphatic rings. The summed E-state index contributed by atoms with van der Waals surface area (Å²) in [6.45, 7) is 4.73. The Bertz CT molecular complexity index is 1280. The lowest BCUT2D eigenvalue weighted by Gasteiger charge is -2.07. The van der Waals surface area contributed by atoms with E-state index in [4.69, 9.17) is 14.5 Å². The number of ether oxygens (including phenoxy) is 2. The Morgan fingerprint density at radius 3 is 2.72 bits per heavy atom. The van der Waals surface area contributed by atoms with Crippen molar-refractivity contribution in [1.82, 2.24) is 9.97 Å². The van der Waals surface area contributed by atoms with E-state index in [9.17, 15) is 4.79 Å². The zero-order valence-electron chi connectivity index (χ0n) is 16.0. The third-order valence-corrected chi connectivity index (χ3v) is 5.96. The van der Waals surface area contributed by atoms with E-state index in [1.165, 1.54) is 5.56 Å². The molecule has 1 aliphatic heterocycles. The Morgan fingerprint density at radius 1 is 1.10 bits per heavy atom. The van der Waals surface area contributed by atoms with Crippen LogP contribution in [-0.4, -0.2) is 16.8 Å². The van der Waals surface area contributed by atoms with Crippen molar-refractivity contribution in [3.05, 3.63) is 69.1 Å². The standard InChI is InChI=1S/C22H19N3O3S/c1-12-3-5-14(6-4-12)19-13(2)29-22-20(19)21(26)24-18(25-22)10-23-15-7-8-16-17(9-15)28-11-27-16/h3-9,23H,10-11H2,1-2H3,(H,24,25,26). The van der Waals surface area contributed by atoms with Gasteiger partial charge in [0.2, 0.25) is 6.79 Å². The number of aromatic nitrogens is 2. The van der Waals surface area contributed by atoms with Gasteiger partial charge in [-0.05, 0) is 31.5 Å². The van der Waals surface area contributed by atoms with Crippen molar-refractivity contribution in [3.63, 3.8) is 0 Å². The first-order valence-electron chi connectivity index (χ1n) is 9.31. The fraction of sp³-hybridized carbons (Fsp3) is 0.182. The normalized spacial score (nSPS) is 12.5. The highest BCUT2D eigenvalue weighted by atomic mass is 32.1. The van der Waals surface area contributed by atoms with Crippen LogP contribution < -0.4 is 20.3 Å². The summed E-state index contributed by atoms with van der Waals surface area (Å²) >= 11 is 1.55. The molecule has 0 spiro atoms. The number of nitrogens with one attached hydrogen (secondary N) is 2. The molecule has 0 aliphatic carbocycles. The minimum absolute atomic E-state index is 0.114. The first-order valence-corrected chi connectivity index (χ1v) is 10.1. The van der Waals surface area contributed by atoms with Crippen LogP contribution in [0, 0.1) is 13.8 Å². The van der Waals surface area contributed by atoms with E-state index in [-0.39, 0.29) is 12.4 Å². The van der Waals surface area contributed by atoms with Crippen LogP contribution in [0.5, 0.6) is 11.5 Å². The van der Waals surface area contributed by atoms with E-state index in [2.05, 4.69) is 41.5 Å². The summed E-state index contributed by atoms with van der Waals surface area (Å²) in [7, 11) is 0. The molecule has 6 nitrogen and oxygen atoms in total. The number of fused-ring (bicyclic) bond motifs is 2. The zero-order valence-corrected chi connectivity index (χ0v) is 16.9. The Hall–Kier alpha value is -3.32. The molecule has 0 atom stereocenters. The quantitative estimate of drug-likeness (QED) is 0.519. The van der Waals surface area contributed by atoms with Crippen molar-refractivity contribution in [2.45, 2.75) is 20.4 Å². The van der Waals surface area contributed by atoms with Crippen LogP contribution in [0.3, 0.4) is 0 Å². The second-order valence-electron chi connectivity index (χ2n) is 7.01. The Balaban J connectivity index is 1.46. The molecule has 2 N–H and O–H groups in total. The molecule has 3 heterocycles. The second-order valence-corrected chi connectivity index (χ2v) is 8.22. The summed E-state index contributed by atoms with van der Waals surface area (Å²) < 4.78 is 10.7. The van der Waals surface area contributed by atoms with Gasteiger partial charge >= 0.3 is 0 Å². The molecule has 2 aromatic carbocycles. The summed E-state index contributed by atoms with van der Waals surface area (Å²) in [5.41, 5.74) is 3.96. The van der Waals surface area contributed by atoms with Gasteiger partial charge < -0.3 is 19.8 Å². The zero-order chi connectivity index (χ0) is 20.0. The van der Waals surface area contributed by atoms with Gasteiger partial charge in [-0.1, -0.05) is 29.8 Å². The summed E-state index contributed by atoms with van der Waals surface area (Å²) in [6, 6.07) is 13.9. The summed E-state index contributed by atoms with van der Waals surface area (Å²) in [6.07, 6.45) is 0. The highest BCUT2D eigenvalue weighted by Gasteiger charge is 2.17. The third kappa shape index (κ3) is 3.23. The molecule has 0 radical (unpaired) electrons. The van der Waals surface area contributed by atoms with Gasteiger partial charge in [-0.2, -0.15) is 0 Å². The van der Waals surface area contributed by atoms with Gasteiger partial charge in [0.25, 0.3) is 5.56 Å². The maximum Gasteiger partial charge on any atom is 0.260 e. The number of nitrogens with zero attached hydrogens (tertiary/aromatic N) is 1. The number of aromatic amines is 1. The van der Waals surface area contributed by atoms with Crippen LogP contribution >= 0.6 is 11.3 Å². The number of hydrogen-bond donors (Lipinski definition) is 2. The Kier molecular flexibility index (Phi) is 4.24. The van der Waals surface area contributed by atoms with Gasteiger partial charge in [0.15, 0.2) is 11.5 Å². The number of thiophene rings is 1. The number of hydrogen-bond acceptors (Lipinski definition) is 6. The van der Waals surface area contributed by atoms with Gasteiger partial charge in [-0.15, -0.1) is 11.3 Å². The summed E-state index contributed by atoms with van der Waals surface area (Å²) in [5.74, 6) is 2.04. The second kappa shape index (κ2) is 6.93. The van der Waals surface area contributed by atoms with Gasteiger partial charge in [0.05, 0.1) is 11.9 Å². The fourth-order valence-electron chi connectivity index (χ4n) is 3.51. The van der Waals surface area contributed by atoms with Gasteiger partial charge in [-0.3, -0.25) is 4.79 Å². The molecule has 2 aromatic heterocycles. The molecule has 146 valence electrons. The number of H-pyrrole nitrogens is 1. The molecule has 7 heteroatoms. The van der Waals surface area contributed by atoms with E-state index < -0.39 is 0 Å². The molecule has 0 amide bonds. The van der Waals surface area contributed by atoms with Crippen molar-refractivity contribution in [1.29, 1.82) is 0 Å².